The van der Waals surface area contributed by atoms with Gasteiger partial charge in [0.25, 0.3) is 0 Å². The van der Waals surface area contributed by atoms with Crippen LogP contribution in [0.5, 0.6) is 5.75 Å². The highest BCUT2D eigenvalue weighted by Gasteiger charge is 2.05. The Hall–Kier alpha value is -2.82. The number of carbonyl (C=O) groups is 1. The number of ether oxygens (including phenoxy) is 1. The zero-order valence-electron chi connectivity index (χ0n) is 15.0. The SMILES string of the molecule is CC(=Nc1cc(CC(=O)O)ccc1C)Nc1ccc(OC(C)C)cc1. The number of nitrogens with one attached hydrogen (secondary N) is 1. The molecule has 0 aromatic heterocycles. The van der Waals surface area contributed by atoms with Crippen LogP contribution in [0.4, 0.5) is 11.4 Å². The van der Waals surface area contributed by atoms with E-state index in [2.05, 4.69) is 10.3 Å². The fourth-order valence-electron chi connectivity index (χ4n) is 2.37. The molecule has 0 saturated heterocycles. The van der Waals surface area contributed by atoms with Gasteiger partial charge in [-0.25, -0.2) is 4.99 Å². The monoisotopic (exact) mass is 340 g/mol. The average molecular weight is 340 g/mol. The van der Waals surface area contributed by atoms with Gasteiger partial charge in [-0.05, 0) is 69.2 Å². The van der Waals surface area contributed by atoms with E-state index in [1.807, 2.05) is 70.2 Å². The summed E-state index contributed by atoms with van der Waals surface area (Å²) in [7, 11) is 0. The van der Waals surface area contributed by atoms with Crippen molar-refractivity contribution in [1.82, 2.24) is 0 Å². The first-order chi connectivity index (χ1) is 11.8. The normalized spacial score (nSPS) is 11.5. The van der Waals surface area contributed by atoms with Gasteiger partial charge in [-0.3, -0.25) is 4.79 Å². The molecule has 0 aliphatic carbocycles. The van der Waals surface area contributed by atoms with Gasteiger partial charge >= 0.3 is 5.97 Å². The Balaban J connectivity index is 2.11. The van der Waals surface area contributed by atoms with Crippen molar-refractivity contribution in [2.24, 2.45) is 4.99 Å². The van der Waals surface area contributed by atoms with Crippen LogP contribution in [0.1, 0.15) is 31.9 Å². The Morgan fingerprint density at radius 2 is 1.88 bits per heavy atom. The predicted octanol–water partition coefficient (Wildman–Crippen LogP) is 4.57. The summed E-state index contributed by atoms with van der Waals surface area (Å²) in [5, 5.41) is 12.2. The molecule has 132 valence electrons. The second kappa shape index (κ2) is 8.33. The Bertz CT molecular complexity index is 765. The molecule has 0 atom stereocenters. The lowest BCUT2D eigenvalue weighted by molar-refractivity contribution is -0.136. The van der Waals surface area contributed by atoms with E-state index in [9.17, 15) is 4.79 Å². The second-order valence-electron chi connectivity index (χ2n) is 6.20. The minimum Gasteiger partial charge on any atom is -0.491 e. The van der Waals surface area contributed by atoms with Gasteiger partial charge in [0, 0.05) is 5.69 Å². The molecule has 0 heterocycles. The van der Waals surface area contributed by atoms with Crippen LogP contribution in [-0.4, -0.2) is 23.0 Å². The highest BCUT2D eigenvalue weighted by Crippen LogP contribution is 2.22. The molecule has 2 aromatic rings. The van der Waals surface area contributed by atoms with Gasteiger partial charge in [0.2, 0.25) is 0 Å². The molecule has 0 fully saturated rings. The van der Waals surface area contributed by atoms with E-state index in [1.165, 1.54) is 0 Å². The molecule has 0 aliphatic rings. The zero-order chi connectivity index (χ0) is 18.4. The number of benzene rings is 2. The van der Waals surface area contributed by atoms with Crippen molar-refractivity contribution < 1.29 is 14.6 Å². The van der Waals surface area contributed by atoms with Crippen LogP contribution in [0, 0.1) is 6.92 Å². The number of aliphatic imine (C=N–C) groups is 1. The minimum absolute atomic E-state index is 0.00735. The van der Waals surface area contributed by atoms with E-state index >= 15 is 0 Å². The fourth-order valence-corrected chi connectivity index (χ4v) is 2.37. The van der Waals surface area contributed by atoms with Crippen molar-refractivity contribution in [3.05, 3.63) is 53.6 Å². The lowest BCUT2D eigenvalue weighted by Gasteiger charge is -2.11. The number of anilines is 1. The van der Waals surface area contributed by atoms with Gasteiger partial charge in [-0.15, -0.1) is 0 Å². The molecule has 0 aliphatic heterocycles. The summed E-state index contributed by atoms with van der Waals surface area (Å²) in [4.78, 5) is 15.4. The largest absolute Gasteiger partial charge is 0.491 e. The Kier molecular flexibility index (Phi) is 6.17. The molecule has 0 amide bonds. The standard InChI is InChI=1S/C20H24N2O3/c1-13(2)25-18-9-7-17(8-10-18)21-15(4)22-19-11-16(12-20(23)24)6-5-14(19)3/h5-11,13H,12H2,1-4H3,(H,21,22)(H,23,24). The lowest BCUT2D eigenvalue weighted by atomic mass is 10.1. The average Bonchev–Trinajstić information content (AvgIpc) is 2.51. The summed E-state index contributed by atoms with van der Waals surface area (Å²) in [6.45, 7) is 7.81. The van der Waals surface area contributed by atoms with Crippen LogP contribution in [0.3, 0.4) is 0 Å². The number of rotatable bonds is 6. The Morgan fingerprint density at radius 3 is 2.48 bits per heavy atom. The van der Waals surface area contributed by atoms with Gasteiger partial charge in [0.1, 0.15) is 11.6 Å². The highest BCUT2D eigenvalue weighted by molar-refractivity contribution is 5.95. The van der Waals surface area contributed by atoms with Crippen LogP contribution in [0.25, 0.3) is 0 Å². The number of carboxylic acid groups (broad SMARTS) is 1. The number of nitrogens with zero attached hydrogens (tertiary/aromatic N) is 1. The zero-order valence-corrected chi connectivity index (χ0v) is 15.0. The summed E-state index contributed by atoms with van der Waals surface area (Å²) >= 11 is 0. The van der Waals surface area contributed by atoms with Crippen LogP contribution in [-0.2, 0) is 11.2 Å². The molecule has 2 aromatic carbocycles. The van der Waals surface area contributed by atoms with Crippen molar-refractivity contribution in [1.29, 1.82) is 0 Å². The first kappa shape index (κ1) is 18.5. The molecule has 0 radical (unpaired) electrons. The second-order valence-corrected chi connectivity index (χ2v) is 6.20. The predicted molar refractivity (Wildman–Crippen MR) is 101 cm³/mol. The third kappa shape index (κ3) is 5.95. The molecular weight excluding hydrogens is 316 g/mol. The summed E-state index contributed by atoms with van der Waals surface area (Å²) in [6.07, 6.45) is 0.134. The van der Waals surface area contributed by atoms with E-state index < -0.39 is 5.97 Å². The lowest BCUT2D eigenvalue weighted by Crippen LogP contribution is -2.08. The maximum absolute atomic E-state index is 10.9. The van der Waals surface area contributed by atoms with E-state index in [-0.39, 0.29) is 12.5 Å². The van der Waals surface area contributed by atoms with Crippen molar-refractivity contribution in [2.75, 3.05) is 5.32 Å². The summed E-state index contributed by atoms with van der Waals surface area (Å²) in [5.74, 6) is 0.706. The third-order valence-corrected chi connectivity index (χ3v) is 3.47. The summed E-state index contributed by atoms with van der Waals surface area (Å²) in [6, 6.07) is 13.2. The number of amidine groups is 1. The van der Waals surface area contributed by atoms with Crippen LogP contribution in [0.15, 0.2) is 47.5 Å². The quantitative estimate of drug-likeness (QED) is 0.597. The van der Waals surface area contributed by atoms with E-state index in [0.717, 1.165) is 34.1 Å². The van der Waals surface area contributed by atoms with Crippen molar-refractivity contribution in [2.45, 2.75) is 40.2 Å². The van der Waals surface area contributed by atoms with Crippen molar-refractivity contribution in [3.63, 3.8) is 0 Å². The smallest absolute Gasteiger partial charge is 0.307 e. The minimum atomic E-state index is -0.850. The van der Waals surface area contributed by atoms with Crippen molar-refractivity contribution >= 4 is 23.2 Å². The maximum Gasteiger partial charge on any atom is 0.307 e. The number of aryl methyl sites for hydroxylation is 1. The van der Waals surface area contributed by atoms with E-state index in [4.69, 9.17) is 9.84 Å². The van der Waals surface area contributed by atoms with Crippen LogP contribution >= 0.6 is 0 Å². The summed E-state index contributed by atoms with van der Waals surface area (Å²) in [5.41, 5.74) is 3.41. The van der Waals surface area contributed by atoms with Gasteiger partial charge < -0.3 is 15.2 Å². The number of carboxylic acids is 1. The topological polar surface area (TPSA) is 70.9 Å². The number of aliphatic carboxylic acids is 1. The number of hydrogen-bond donors (Lipinski definition) is 2. The molecule has 0 saturated carbocycles. The third-order valence-electron chi connectivity index (χ3n) is 3.47. The number of hydrogen-bond acceptors (Lipinski definition) is 3. The van der Waals surface area contributed by atoms with Gasteiger partial charge in [0.15, 0.2) is 0 Å². The highest BCUT2D eigenvalue weighted by atomic mass is 16.5. The van der Waals surface area contributed by atoms with E-state index in [0.29, 0.717) is 0 Å². The van der Waals surface area contributed by atoms with Crippen LogP contribution < -0.4 is 10.1 Å². The molecule has 0 spiro atoms. The van der Waals surface area contributed by atoms with Crippen molar-refractivity contribution in [3.8, 4) is 5.75 Å². The first-order valence-electron chi connectivity index (χ1n) is 8.24. The Morgan fingerprint density at radius 1 is 1.20 bits per heavy atom. The molecular formula is C20H24N2O3. The first-order valence-corrected chi connectivity index (χ1v) is 8.24. The Labute approximate surface area is 148 Å². The molecule has 0 unspecified atom stereocenters. The molecule has 5 nitrogen and oxygen atoms in total. The molecule has 0 bridgehead atoms. The van der Waals surface area contributed by atoms with Gasteiger partial charge in [0.05, 0.1) is 18.2 Å². The molecule has 2 N–H and O–H groups in total. The van der Waals surface area contributed by atoms with Gasteiger partial charge in [-0.1, -0.05) is 12.1 Å². The molecule has 5 heteroatoms. The summed E-state index contributed by atoms with van der Waals surface area (Å²) < 4.78 is 5.62. The molecule has 25 heavy (non-hydrogen) atoms. The maximum atomic E-state index is 10.9. The fraction of sp³-hybridized carbons (Fsp3) is 0.300. The van der Waals surface area contributed by atoms with Gasteiger partial charge in [-0.2, -0.15) is 0 Å². The van der Waals surface area contributed by atoms with Crippen LogP contribution in [0.2, 0.25) is 0 Å². The van der Waals surface area contributed by atoms with E-state index in [1.54, 1.807) is 0 Å². The molecule has 2 rings (SSSR count).